The Hall–Kier alpha value is -1.63. The third kappa shape index (κ3) is 2.55. The van der Waals surface area contributed by atoms with Gasteiger partial charge in [0, 0.05) is 13.1 Å². The SMILES string of the molecule is CCc1nnc(N(CC)CC)c(C#N)c1CC. The molecule has 17 heavy (non-hydrogen) atoms. The molecule has 0 saturated carbocycles. The predicted molar refractivity (Wildman–Crippen MR) is 69.1 cm³/mol. The highest BCUT2D eigenvalue weighted by Crippen LogP contribution is 2.22. The van der Waals surface area contributed by atoms with E-state index in [0.717, 1.165) is 43.0 Å². The molecule has 0 aliphatic carbocycles. The Morgan fingerprint density at radius 3 is 2.12 bits per heavy atom. The lowest BCUT2D eigenvalue weighted by atomic mass is 10.0. The lowest BCUT2D eigenvalue weighted by molar-refractivity contribution is 0.794. The Labute approximate surface area is 103 Å². The number of aromatic nitrogens is 2. The van der Waals surface area contributed by atoms with Gasteiger partial charge in [0.2, 0.25) is 0 Å². The van der Waals surface area contributed by atoms with Crippen LogP contribution in [0.25, 0.3) is 0 Å². The van der Waals surface area contributed by atoms with Gasteiger partial charge >= 0.3 is 0 Å². The number of rotatable bonds is 5. The highest BCUT2D eigenvalue weighted by atomic mass is 15.3. The van der Waals surface area contributed by atoms with Crippen molar-refractivity contribution in [3.05, 3.63) is 16.8 Å². The van der Waals surface area contributed by atoms with Crippen LogP contribution in [0, 0.1) is 11.3 Å². The number of aryl methyl sites for hydroxylation is 1. The standard InChI is InChI=1S/C13H20N4/c1-5-10-11(9-14)13(17(7-3)8-4)16-15-12(10)6-2/h5-8H2,1-4H3. The smallest absolute Gasteiger partial charge is 0.169 e. The van der Waals surface area contributed by atoms with Crippen LogP contribution in [0.15, 0.2) is 0 Å². The molecule has 1 aromatic rings. The fourth-order valence-corrected chi connectivity index (χ4v) is 2.02. The minimum Gasteiger partial charge on any atom is -0.355 e. The largest absolute Gasteiger partial charge is 0.355 e. The summed E-state index contributed by atoms with van der Waals surface area (Å²) >= 11 is 0. The predicted octanol–water partition coefficient (Wildman–Crippen LogP) is 2.32. The van der Waals surface area contributed by atoms with Gasteiger partial charge in [-0.3, -0.25) is 0 Å². The summed E-state index contributed by atoms with van der Waals surface area (Å²) in [5, 5.41) is 17.8. The third-order valence-electron chi connectivity index (χ3n) is 3.00. The summed E-state index contributed by atoms with van der Waals surface area (Å²) in [6, 6.07) is 2.29. The Morgan fingerprint density at radius 2 is 1.71 bits per heavy atom. The maximum absolute atomic E-state index is 9.35. The van der Waals surface area contributed by atoms with Crippen molar-refractivity contribution in [2.24, 2.45) is 0 Å². The average molecular weight is 232 g/mol. The molecule has 0 radical (unpaired) electrons. The van der Waals surface area contributed by atoms with Gasteiger partial charge in [-0.1, -0.05) is 13.8 Å². The molecule has 0 aliphatic heterocycles. The van der Waals surface area contributed by atoms with Gasteiger partial charge in [0.1, 0.15) is 11.6 Å². The Bertz CT molecular complexity index is 416. The first-order valence-electron chi connectivity index (χ1n) is 6.26. The van der Waals surface area contributed by atoms with E-state index < -0.39 is 0 Å². The van der Waals surface area contributed by atoms with Crippen LogP contribution in [0.2, 0.25) is 0 Å². The van der Waals surface area contributed by atoms with Crippen LogP contribution in [-0.2, 0) is 12.8 Å². The van der Waals surface area contributed by atoms with E-state index in [9.17, 15) is 5.26 Å². The van der Waals surface area contributed by atoms with E-state index in [1.165, 1.54) is 0 Å². The van der Waals surface area contributed by atoms with Crippen molar-refractivity contribution in [2.75, 3.05) is 18.0 Å². The van der Waals surface area contributed by atoms with Crippen molar-refractivity contribution in [3.63, 3.8) is 0 Å². The third-order valence-corrected chi connectivity index (χ3v) is 3.00. The van der Waals surface area contributed by atoms with Crippen LogP contribution in [0.1, 0.15) is 44.5 Å². The van der Waals surface area contributed by atoms with Gasteiger partial charge in [-0.25, -0.2) is 0 Å². The average Bonchev–Trinajstić information content (AvgIpc) is 2.39. The van der Waals surface area contributed by atoms with Crippen molar-refractivity contribution < 1.29 is 0 Å². The zero-order valence-electron chi connectivity index (χ0n) is 11.1. The number of anilines is 1. The second-order valence-corrected chi connectivity index (χ2v) is 3.82. The second-order valence-electron chi connectivity index (χ2n) is 3.82. The van der Waals surface area contributed by atoms with E-state index in [1.807, 2.05) is 6.92 Å². The molecular weight excluding hydrogens is 212 g/mol. The normalized spacial score (nSPS) is 10.1. The number of nitriles is 1. The molecule has 4 heteroatoms. The Balaban J connectivity index is 3.38. The molecule has 4 nitrogen and oxygen atoms in total. The number of hydrogen-bond donors (Lipinski definition) is 0. The molecule has 0 aromatic carbocycles. The minimum absolute atomic E-state index is 0.697. The number of hydrogen-bond acceptors (Lipinski definition) is 4. The van der Waals surface area contributed by atoms with Crippen LogP contribution < -0.4 is 4.90 Å². The fraction of sp³-hybridized carbons (Fsp3) is 0.615. The van der Waals surface area contributed by atoms with Gasteiger partial charge in [-0.05, 0) is 32.3 Å². The summed E-state index contributed by atoms with van der Waals surface area (Å²) < 4.78 is 0. The van der Waals surface area contributed by atoms with E-state index in [4.69, 9.17) is 0 Å². The molecule has 0 atom stereocenters. The van der Waals surface area contributed by atoms with E-state index in [-0.39, 0.29) is 0 Å². The van der Waals surface area contributed by atoms with Crippen molar-refractivity contribution >= 4 is 5.82 Å². The lowest BCUT2D eigenvalue weighted by Crippen LogP contribution is -2.25. The molecule has 0 spiro atoms. The first-order valence-corrected chi connectivity index (χ1v) is 6.26. The number of nitrogens with zero attached hydrogens (tertiary/aromatic N) is 4. The van der Waals surface area contributed by atoms with Gasteiger partial charge < -0.3 is 4.90 Å². The molecule has 0 N–H and O–H groups in total. The van der Waals surface area contributed by atoms with E-state index in [0.29, 0.717) is 5.56 Å². The summed E-state index contributed by atoms with van der Waals surface area (Å²) in [6.45, 7) is 9.91. The molecular formula is C13H20N4. The van der Waals surface area contributed by atoms with Gasteiger partial charge in [0.25, 0.3) is 0 Å². The van der Waals surface area contributed by atoms with Gasteiger partial charge in [0.15, 0.2) is 5.82 Å². The minimum atomic E-state index is 0.697. The topological polar surface area (TPSA) is 52.8 Å². The first kappa shape index (κ1) is 13.4. The van der Waals surface area contributed by atoms with Gasteiger partial charge in [-0.15, -0.1) is 5.10 Å². The fourth-order valence-electron chi connectivity index (χ4n) is 2.02. The van der Waals surface area contributed by atoms with Gasteiger partial charge in [-0.2, -0.15) is 10.4 Å². The molecule has 0 bridgehead atoms. The highest BCUT2D eigenvalue weighted by Gasteiger charge is 2.17. The molecule has 92 valence electrons. The lowest BCUT2D eigenvalue weighted by Gasteiger charge is -2.21. The summed E-state index contributed by atoms with van der Waals surface area (Å²) in [5.41, 5.74) is 2.69. The summed E-state index contributed by atoms with van der Waals surface area (Å²) in [7, 11) is 0. The molecule has 1 rings (SSSR count). The summed E-state index contributed by atoms with van der Waals surface area (Å²) in [5.74, 6) is 0.728. The first-order chi connectivity index (χ1) is 8.23. The van der Waals surface area contributed by atoms with Gasteiger partial charge in [0.05, 0.1) is 5.69 Å². The molecule has 0 unspecified atom stereocenters. The summed E-state index contributed by atoms with van der Waals surface area (Å²) in [4.78, 5) is 2.07. The van der Waals surface area contributed by atoms with E-state index >= 15 is 0 Å². The monoisotopic (exact) mass is 232 g/mol. The highest BCUT2D eigenvalue weighted by molar-refractivity contribution is 5.58. The maximum Gasteiger partial charge on any atom is 0.169 e. The Morgan fingerprint density at radius 1 is 1.06 bits per heavy atom. The van der Waals surface area contributed by atoms with Crippen molar-refractivity contribution in [1.29, 1.82) is 5.26 Å². The van der Waals surface area contributed by atoms with Crippen LogP contribution in [0.3, 0.4) is 0 Å². The quantitative estimate of drug-likeness (QED) is 0.781. The summed E-state index contributed by atoms with van der Waals surface area (Å²) in [6.07, 6.45) is 1.65. The molecule has 1 heterocycles. The molecule has 0 saturated heterocycles. The molecule has 0 aliphatic rings. The van der Waals surface area contributed by atoms with Crippen LogP contribution in [0.5, 0.6) is 0 Å². The van der Waals surface area contributed by atoms with Crippen LogP contribution in [0.4, 0.5) is 5.82 Å². The van der Waals surface area contributed by atoms with E-state index in [1.54, 1.807) is 0 Å². The molecule has 0 fully saturated rings. The van der Waals surface area contributed by atoms with Crippen LogP contribution >= 0.6 is 0 Å². The second kappa shape index (κ2) is 6.19. The van der Waals surface area contributed by atoms with Crippen molar-refractivity contribution in [3.8, 4) is 6.07 Å². The van der Waals surface area contributed by atoms with Crippen molar-refractivity contribution in [2.45, 2.75) is 40.5 Å². The molecule has 1 aromatic heterocycles. The van der Waals surface area contributed by atoms with E-state index in [2.05, 4.69) is 41.9 Å². The van der Waals surface area contributed by atoms with Crippen LogP contribution in [-0.4, -0.2) is 23.3 Å². The maximum atomic E-state index is 9.35. The Kier molecular flexibility index (Phi) is 4.89. The zero-order chi connectivity index (χ0) is 12.8. The zero-order valence-corrected chi connectivity index (χ0v) is 11.1. The molecule has 0 amide bonds. The van der Waals surface area contributed by atoms with Crippen molar-refractivity contribution in [1.82, 2.24) is 10.2 Å².